The maximum absolute atomic E-state index is 12.5. The second kappa shape index (κ2) is 8.35. The molecule has 1 heterocycles. The summed E-state index contributed by atoms with van der Waals surface area (Å²) in [6.45, 7) is 2.39. The van der Waals surface area contributed by atoms with Crippen molar-refractivity contribution < 1.29 is 14.3 Å². The van der Waals surface area contributed by atoms with Crippen molar-refractivity contribution in [2.45, 2.75) is 13.5 Å². The van der Waals surface area contributed by atoms with Crippen molar-refractivity contribution >= 4 is 16.8 Å². The van der Waals surface area contributed by atoms with E-state index in [1.165, 1.54) is 0 Å². The molecule has 140 valence electrons. The van der Waals surface area contributed by atoms with Gasteiger partial charge in [0.25, 0.3) is 11.5 Å². The second-order valence-electron chi connectivity index (χ2n) is 5.88. The van der Waals surface area contributed by atoms with Crippen LogP contribution in [0, 0.1) is 0 Å². The third-order valence-electron chi connectivity index (χ3n) is 4.16. The Morgan fingerprint density at radius 2 is 1.81 bits per heavy atom. The van der Waals surface area contributed by atoms with E-state index in [0.29, 0.717) is 34.8 Å². The molecule has 0 saturated carbocycles. The molecule has 0 aliphatic heterocycles. The molecular weight excluding hydrogens is 346 g/mol. The maximum Gasteiger partial charge on any atom is 0.260 e. The average Bonchev–Trinajstić information content (AvgIpc) is 2.70. The van der Waals surface area contributed by atoms with Crippen LogP contribution >= 0.6 is 0 Å². The van der Waals surface area contributed by atoms with Crippen LogP contribution in [0.1, 0.15) is 12.7 Å². The van der Waals surface area contributed by atoms with E-state index in [4.69, 9.17) is 9.47 Å². The summed E-state index contributed by atoms with van der Waals surface area (Å²) in [4.78, 5) is 33.5. The lowest BCUT2D eigenvalue weighted by molar-refractivity contribution is -0.133. The van der Waals surface area contributed by atoms with Crippen molar-refractivity contribution in [1.29, 1.82) is 0 Å². The number of fused-ring (bicyclic) bond motifs is 1. The summed E-state index contributed by atoms with van der Waals surface area (Å²) >= 11 is 0. The van der Waals surface area contributed by atoms with Crippen LogP contribution in [-0.4, -0.2) is 41.0 Å². The molecule has 0 atom stereocenters. The van der Waals surface area contributed by atoms with Gasteiger partial charge >= 0.3 is 0 Å². The number of likely N-dealkylation sites (N-methyl/N-ethyl adjacent to an activating group) is 1. The first-order valence-electron chi connectivity index (χ1n) is 8.64. The molecule has 0 radical (unpaired) electrons. The molecule has 0 spiro atoms. The van der Waals surface area contributed by atoms with Gasteiger partial charge in [-0.15, -0.1) is 0 Å². The number of aromatic nitrogens is 2. The molecule has 3 aromatic rings. The fourth-order valence-electron chi connectivity index (χ4n) is 2.74. The number of nitrogens with one attached hydrogen (secondary N) is 1. The van der Waals surface area contributed by atoms with Gasteiger partial charge in [-0.3, -0.25) is 9.59 Å². The molecule has 0 saturated heterocycles. The number of nitrogens with zero attached hydrogens (tertiary/aromatic N) is 2. The van der Waals surface area contributed by atoms with Gasteiger partial charge < -0.3 is 19.4 Å². The highest BCUT2D eigenvalue weighted by Gasteiger charge is 2.16. The number of para-hydroxylation sites is 3. The number of aromatic amines is 1. The highest BCUT2D eigenvalue weighted by Crippen LogP contribution is 2.25. The Kier molecular flexibility index (Phi) is 5.71. The van der Waals surface area contributed by atoms with Crippen LogP contribution in [0.25, 0.3) is 10.9 Å². The van der Waals surface area contributed by atoms with Gasteiger partial charge in [-0.2, -0.15) is 0 Å². The Morgan fingerprint density at radius 1 is 1.11 bits per heavy atom. The van der Waals surface area contributed by atoms with Crippen LogP contribution in [0.4, 0.5) is 0 Å². The van der Waals surface area contributed by atoms with Gasteiger partial charge in [-0.05, 0) is 31.2 Å². The van der Waals surface area contributed by atoms with Crippen LogP contribution in [0.2, 0.25) is 0 Å². The van der Waals surface area contributed by atoms with Gasteiger partial charge in [0.2, 0.25) is 0 Å². The van der Waals surface area contributed by atoms with Gasteiger partial charge in [-0.1, -0.05) is 24.3 Å². The number of carbonyl (C=O) groups is 1. The minimum Gasteiger partial charge on any atom is -0.493 e. The number of hydrogen-bond donors (Lipinski definition) is 1. The molecule has 1 aromatic heterocycles. The fourth-order valence-corrected chi connectivity index (χ4v) is 2.74. The Hall–Kier alpha value is -3.35. The van der Waals surface area contributed by atoms with Crippen molar-refractivity contribution in [3.8, 4) is 11.5 Å². The minimum atomic E-state index is -0.218. The highest BCUT2D eigenvalue weighted by atomic mass is 16.5. The zero-order valence-electron chi connectivity index (χ0n) is 15.3. The monoisotopic (exact) mass is 367 g/mol. The molecule has 3 rings (SSSR count). The molecule has 0 unspecified atom stereocenters. The van der Waals surface area contributed by atoms with E-state index in [1.807, 2.05) is 25.1 Å². The summed E-state index contributed by atoms with van der Waals surface area (Å²) in [7, 11) is 1.55. The third kappa shape index (κ3) is 4.25. The van der Waals surface area contributed by atoms with E-state index in [2.05, 4.69) is 9.97 Å². The van der Waals surface area contributed by atoms with Crippen molar-refractivity contribution in [3.63, 3.8) is 0 Å². The minimum absolute atomic E-state index is 0.133. The molecule has 1 N–H and O–H groups in total. The Morgan fingerprint density at radius 3 is 2.56 bits per heavy atom. The van der Waals surface area contributed by atoms with Crippen molar-refractivity contribution in [1.82, 2.24) is 14.9 Å². The number of ether oxygens (including phenoxy) is 2. The maximum atomic E-state index is 12.5. The molecule has 27 heavy (non-hydrogen) atoms. The first-order chi connectivity index (χ1) is 13.1. The first kappa shape index (κ1) is 18.4. The van der Waals surface area contributed by atoms with E-state index in [-0.39, 0.29) is 24.6 Å². The van der Waals surface area contributed by atoms with Crippen LogP contribution < -0.4 is 15.0 Å². The summed E-state index contributed by atoms with van der Waals surface area (Å²) in [6, 6.07) is 14.2. The average molecular weight is 367 g/mol. The summed E-state index contributed by atoms with van der Waals surface area (Å²) in [5.41, 5.74) is 0.384. The molecular formula is C20H21N3O4. The second-order valence-corrected chi connectivity index (χ2v) is 5.88. The SMILES string of the molecule is CCN(Cc1nc2ccccc2c(=O)[nH]1)C(=O)COc1ccccc1OC. The smallest absolute Gasteiger partial charge is 0.260 e. The zero-order valence-corrected chi connectivity index (χ0v) is 15.3. The normalized spacial score (nSPS) is 10.6. The molecule has 0 fully saturated rings. The van der Waals surface area contributed by atoms with Crippen LogP contribution in [0.3, 0.4) is 0 Å². The van der Waals surface area contributed by atoms with E-state index in [0.717, 1.165) is 0 Å². The summed E-state index contributed by atoms with van der Waals surface area (Å²) in [6.07, 6.45) is 0. The van der Waals surface area contributed by atoms with Crippen molar-refractivity contribution in [2.75, 3.05) is 20.3 Å². The van der Waals surface area contributed by atoms with E-state index in [9.17, 15) is 9.59 Å². The molecule has 7 nitrogen and oxygen atoms in total. The van der Waals surface area contributed by atoms with Crippen LogP contribution in [-0.2, 0) is 11.3 Å². The van der Waals surface area contributed by atoms with E-state index in [1.54, 1.807) is 42.3 Å². The predicted molar refractivity (Wildman–Crippen MR) is 102 cm³/mol. The number of amides is 1. The van der Waals surface area contributed by atoms with Crippen LogP contribution in [0.15, 0.2) is 53.3 Å². The lowest BCUT2D eigenvalue weighted by Crippen LogP contribution is -2.35. The van der Waals surface area contributed by atoms with Gasteiger partial charge in [0.15, 0.2) is 18.1 Å². The molecule has 0 aliphatic rings. The molecule has 0 bridgehead atoms. The molecule has 2 aromatic carbocycles. The first-order valence-corrected chi connectivity index (χ1v) is 8.64. The summed E-state index contributed by atoms with van der Waals surface area (Å²) in [5.74, 6) is 1.29. The molecule has 0 aliphatic carbocycles. The number of carbonyl (C=O) groups excluding carboxylic acids is 1. The zero-order chi connectivity index (χ0) is 19.2. The topological polar surface area (TPSA) is 84.5 Å². The molecule has 1 amide bonds. The summed E-state index contributed by atoms with van der Waals surface area (Å²) < 4.78 is 10.8. The van der Waals surface area contributed by atoms with E-state index >= 15 is 0 Å². The largest absolute Gasteiger partial charge is 0.493 e. The van der Waals surface area contributed by atoms with Crippen LogP contribution in [0.5, 0.6) is 11.5 Å². The van der Waals surface area contributed by atoms with Gasteiger partial charge in [-0.25, -0.2) is 4.98 Å². The number of benzene rings is 2. The predicted octanol–water partition coefficient (Wildman–Crippen LogP) is 2.36. The number of H-pyrrole nitrogens is 1. The lowest BCUT2D eigenvalue weighted by atomic mass is 10.2. The Labute approximate surface area is 156 Å². The molecule has 7 heteroatoms. The van der Waals surface area contributed by atoms with Crippen molar-refractivity contribution in [2.24, 2.45) is 0 Å². The van der Waals surface area contributed by atoms with Gasteiger partial charge in [0.1, 0.15) is 5.82 Å². The quantitative estimate of drug-likeness (QED) is 0.693. The number of hydrogen-bond acceptors (Lipinski definition) is 5. The fraction of sp³-hybridized carbons (Fsp3) is 0.250. The van der Waals surface area contributed by atoms with E-state index < -0.39 is 0 Å². The van der Waals surface area contributed by atoms with Gasteiger partial charge in [0, 0.05) is 6.54 Å². The standard InChI is InChI=1S/C20H21N3O4/c1-3-23(19(24)13-27-17-11-7-6-10-16(17)26-2)12-18-21-15-9-5-4-8-14(15)20(25)22-18/h4-11H,3,12-13H2,1-2H3,(H,21,22,25). The van der Waals surface area contributed by atoms with Gasteiger partial charge in [0.05, 0.1) is 24.6 Å². The Balaban J connectivity index is 1.71. The highest BCUT2D eigenvalue weighted by molar-refractivity contribution is 5.78. The van der Waals surface area contributed by atoms with Crippen molar-refractivity contribution in [3.05, 3.63) is 64.7 Å². The lowest BCUT2D eigenvalue weighted by Gasteiger charge is -2.21. The summed E-state index contributed by atoms with van der Waals surface area (Å²) in [5, 5.41) is 0.523. The number of rotatable bonds is 7. The Bertz CT molecular complexity index is 1000. The third-order valence-corrected chi connectivity index (χ3v) is 4.16. The number of methoxy groups -OCH3 is 1.